The number of hydrogen-bond donors (Lipinski definition) is 0. The van der Waals surface area contributed by atoms with E-state index in [9.17, 15) is 0 Å². The van der Waals surface area contributed by atoms with Crippen LogP contribution in [0, 0.1) is 6.92 Å². The molecule has 0 saturated heterocycles. The molecule has 0 unspecified atom stereocenters. The maximum atomic E-state index is 5.48. The van der Waals surface area contributed by atoms with Crippen molar-refractivity contribution in [2.24, 2.45) is 7.05 Å². The van der Waals surface area contributed by atoms with Crippen LogP contribution in [0.15, 0.2) is 26.3 Å². The van der Waals surface area contributed by atoms with Crippen molar-refractivity contribution in [3.8, 4) is 11.4 Å². The van der Waals surface area contributed by atoms with Gasteiger partial charge < -0.3 is 13.4 Å². The molecule has 3 aromatic heterocycles. The zero-order valence-electron chi connectivity index (χ0n) is 12.0. The molecule has 0 fully saturated rings. The van der Waals surface area contributed by atoms with Gasteiger partial charge in [0.2, 0.25) is 11.8 Å². The zero-order valence-corrected chi connectivity index (χ0v) is 12.8. The number of hydrogen-bond acceptors (Lipinski definition) is 7. The first kappa shape index (κ1) is 13.9. The third-order valence-electron chi connectivity index (χ3n) is 3.07. The Bertz CT molecular complexity index is 745. The van der Waals surface area contributed by atoms with Crippen LogP contribution in [-0.4, -0.2) is 25.0 Å². The van der Waals surface area contributed by atoms with Crippen LogP contribution in [0.2, 0.25) is 0 Å². The number of thioether (sulfide) groups is 1. The van der Waals surface area contributed by atoms with Gasteiger partial charge in [-0.15, -0.1) is 20.4 Å². The molecule has 3 heterocycles. The third kappa shape index (κ3) is 2.71. The van der Waals surface area contributed by atoms with E-state index in [4.69, 9.17) is 8.83 Å². The first-order valence-corrected chi connectivity index (χ1v) is 7.55. The molecule has 0 aliphatic heterocycles. The van der Waals surface area contributed by atoms with Crippen LogP contribution in [-0.2, 0) is 19.2 Å². The van der Waals surface area contributed by atoms with Crippen LogP contribution in [0.4, 0.5) is 0 Å². The van der Waals surface area contributed by atoms with Crippen molar-refractivity contribution in [2.45, 2.75) is 31.2 Å². The quantitative estimate of drug-likeness (QED) is 0.670. The van der Waals surface area contributed by atoms with Crippen molar-refractivity contribution >= 4 is 11.8 Å². The van der Waals surface area contributed by atoms with Crippen molar-refractivity contribution < 1.29 is 8.83 Å². The zero-order chi connectivity index (χ0) is 14.8. The van der Waals surface area contributed by atoms with Gasteiger partial charge in [0.15, 0.2) is 11.0 Å². The van der Waals surface area contributed by atoms with Gasteiger partial charge >= 0.3 is 0 Å². The van der Waals surface area contributed by atoms with Crippen LogP contribution >= 0.6 is 11.8 Å². The van der Waals surface area contributed by atoms with Gasteiger partial charge in [-0.1, -0.05) is 18.7 Å². The van der Waals surface area contributed by atoms with E-state index in [0.717, 1.165) is 28.7 Å². The average molecular weight is 305 g/mol. The van der Waals surface area contributed by atoms with Gasteiger partial charge in [-0.3, -0.25) is 0 Å². The Hall–Kier alpha value is -2.09. The van der Waals surface area contributed by atoms with Crippen molar-refractivity contribution in [3.05, 3.63) is 29.9 Å². The Balaban J connectivity index is 1.75. The summed E-state index contributed by atoms with van der Waals surface area (Å²) in [5.74, 6) is 3.43. The standard InChI is InChI=1S/C13H15N5O2S/c1-4-10-14-15-11(20-10)7-21-13-17-16-12(18(13)3)9-5-6-19-8(9)2/h5-6H,4,7H2,1-3H3. The molecular formula is C13H15N5O2S. The lowest BCUT2D eigenvalue weighted by atomic mass is 10.2. The van der Waals surface area contributed by atoms with Crippen molar-refractivity contribution in [3.63, 3.8) is 0 Å². The summed E-state index contributed by atoms with van der Waals surface area (Å²) in [5.41, 5.74) is 0.947. The molecule has 0 aliphatic carbocycles. The predicted molar refractivity (Wildman–Crippen MR) is 76.7 cm³/mol. The number of aromatic nitrogens is 5. The highest BCUT2D eigenvalue weighted by Crippen LogP contribution is 2.27. The Labute approximate surface area is 125 Å². The summed E-state index contributed by atoms with van der Waals surface area (Å²) >= 11 is 1.51. The molecule has 0 atom stereocenters. The topological polar surface area (TPSA) is 82.8 Å². The summed E-state index contributed by atoms with van der Waals surface area (Å²) in [6.07, 6.45) is 2.39. The molecule has 8 heteroatoms. The molecule has 0 bridgehead atoms. The summed E-state index contributed by atoms with van der Waals surface area (Å²) < 4.78 is 12.7. The van der Waals surface area contributed by atoms with Crippen molar-refractivity contribution in [1.29, 1.82) is 0 Å². The molecule has 0 spiro atoms. The summed E-state index contributed by atoms with van der Waals surface area (Å²) in [6.45, 7) is 3.88. The lowest BCUT2D eigenvalue weighted by Gasteiger charge is -2.01. The second-order valence-corrected chi connectivity index (χ2v) is 5.43. The SMILES string of the molecule is CCc1nnc(CSc2nnc(-c3ccoc3C)n2C)o1. The summed E-state index contributed by atoms with van der Waals surface area (Å²) in [6, 6.07) is 1.89. The van der Waals surface area contributed by atoms with Crippen LogP contribution in [0.5, 0.6) is 0 Å². The van der Waals surface area contributed by atoms with Crippen LogP contribution < -0.4 is 0 Å². The van der Waals surface area contributed by atoms with Gasteiger partial charge in [0.25, 0.3) is 0 Å². The van der Waals surface area contributed by atoms with Crippen LogP contribution in [0.25, 0.3) is 11.4 Å². The first-order chi connectivity index (χ1) is 10.2. The minimum atomic E-state index is 0.573. The molecule has 0 amide bonds. The second-order valence-electron chi connectivity index (χ2n) is 4.49. The Morgan fingerprint density at radius 1 is 1.19 bits per heavy atom. The lowest BCUT2D eigenvalue weighted by molar-refractivity contribution is 0.469. The highest BCUT2D eigenvalue weighted by molar-refractivity contribution is 7.98. The van der Waals surface area contributed by atoms with E-state index in [2.05, 4.69) is 20.4 Å². The van der Waals surface area contributed by atoms with E-state index in [1.54, 1.807) is 6.26 Å². The number of aryl methyl sites for hydroxylation is 2. The fraction of sp³-hybridized carbons (Fsp3) is 0.385. The van der Waals surface area contributed by atoms with Gasteiger partial charge in [0.1, 0.15) is 5.76 Å². The van der Waals surface area contributed by atoms with E-state index in [1.165, 1.54) is 11.8 Å². The number of furan rings is 1. The van der Waals surface area contributed by atoms with Crippen LogP contribution in [0.1, 0.15) is 24.5 Å². The maximum Gasteiger partial charge on any atom is 0.226 e. The smallest absolute Gasteiger partial charge is 0.226 e. The fourth-order valence-corrected chi connectivity index (χ4v) is 2.66. The number of rotatable bonds is 5. The molecule has 110 valence electrons. The van der Waals surface area contributed by atoms with E-state index in [0.29, 0.717) is 17.5 Å². The lowest BCUT2D eigenvalue weighted by Crippen LogP contribution is -1.95. The van der Waals surface area contributed by atoms with Gasteiger partial charge in [0.05, 0.1) is 17.6 Å². The maximum absolute atomic E-state index is 5.48. The monoisotopic (exact) mass is 305 g/mol. The van der Waals surface area contributed by atoms with E-state index >= 15 is 0 Å². The molecule has 0 aliphatic rings. The van der Waals surface area contributed by atoms with Gasteiger partial charge in [-0.05, 0) is 13.0 Å². The largest absolute Gasteiger partial charge is 0.469 e. The molecular weight excluding hydrogens is 290 g/mol. The minimum Gasteiger partial charge on any atom is -0.469 e. The summed E-state index contributed by atoms with van der Waals surface area (Å²) in [7, 11) is 1.93. The van der Waals surface area contributed by atoms with Gasteiger partial charge in [-0.2, -0.15) is 0 Å². The fourth-order valence-electron chi connectivity index (χ4n) is 1.91. The van der Waals surface area contributed by atoms with E-state index < -0.39 is 0 Å². The summed E-state index contributed by atoms with van der Waals surface area (Å²) in [4.78, 5) is 0. The molecule has 7 nitrogen and oxygen atoms in total. The van der Waals surface area contributed by atoms with E-state index in [-0.39, 0.29) is 0 Å². The molecule has 3 rings (SSSR count). The normalized spacial score (nSPS) is 11.2. The third-order valence-corrected chi connectivity index (χ3v) is 4.08. The Morgan fingerprint density at radius 2 is 2.00 bits per heavy atom. The molecule has 21 heavy (non-hydrogen) atoms. The highest BCUT2D eigenvalue weighted by Gasteiger charge is 2.15. The van der Waals surface area contributed by atoms with Crippen molar-refractivity contribution in [1.82, 2.24) is 25.0 Å². The molecule has 0 N–H and O–H groups in total. The highest BCUT2D eigenvalue weighted by atomic mass is 32.2. The molecule has 0 saturated carbocycles. The van der Waals surface area contributed by atoms with E-state index in [1.807, 2.05) is 31.5 Å². The number of nitrogens with zero attached hydrogens (tertiary/aromatic N) is 5. The Morgan fingerprint density at radius 3 is 2.67 bits per heavy atom. The Kier molecular flexibility index (Phi) is 3.78. The minimum absolute atomic E-state index is 0.573. The molecule has 0 aromatic carbocycles. The van der Waals surface area contributed by atoms with Crippen LogP contribution in [0.3, 0.4) is 0 Å². The molecule has 0 radical (unpaired) electrons. The first-order valence-electron chi connectivity index (χ1n) is 6.57. The summed E-state index contributed by atoms with van der Waals surface area (Å²) in [5, 5.41) is 17.1. The van der Waals surface area contributed by atoms with Gasteiger partial charge in [0, 0.05) is 13.5 Å². The van der Waals surface area contributed by atoms with Crippen molar-refractivity contribution in [2.75, 3.05) is 0 Å². The molecule has 3 aromatic rings. The average Bonchev–Trinajstić information content (AvgIpc) is 3.17. The predicted octanol–water partition coefficient (Wildman–Crippen LogP) is 2.62. The second kappa shape index (κ2) is 5.72. The van der Waals surface area contributed by atoms with Gasteiger partial charge in [-0.25, -0.2) is 0 Å².